The summed E-state index contributed by atoms with van der Waals surface area (Å²) in [7, 11) is 0. The number of benzene rings is 1. The molecule has 3 saturated heterocycles. The van der Waals surface area contributed by atoms with Crippen molar-refractivity contribution in [1.29, 1.82) is 0 Å². The number of carbonyl (C=O) groups excluding carboxylic acids is 8. The van der Waals surface area contributed by atoms with Crippen LogP contribution in [0.1, 0.15) is 90.0 Å². The van der Waals surface area contributed by atoms with Crippen LogP contribution in [0.3, 0.4) is 0 Å². The molecule has 0 radical (unpaired) electrons. The summed E-state index contributed by atoms with van der Waals surface area (Å²) in [6, 6.07) is 2.68. The maximum absolute atomic E-state index is 14.4. The number of guanidine groups is 1. The van der Waals surface area contributed by atoms with E-state index in [1.807, 2.05) is 5.32 Å². The Morgan fingerprint density at radius 1 is 0.921 bits per heavy atom. The highest BCUT2D eigenvalue weighted by atomic mass is 16.6. The number of rotatable bonds is 20. The lowest BCUT2D eigenvalue weighted by Gasteiger charge is -2.35. The second-order valence-electron chi connectivity index (χ2n) is 16.1. The van der Waals surface area contributed by atoms with E-state index in [1.165, 1.54) is 9.80 Å². The van der Waals surface area contributed by atoms with E-state index in [0.29, 0.717) is 31.2 Å². The van der Waals surface area contributed by atoms with Crippen molar-refractivity contribution < 1.29 is 48.0 Å². The SMILES string of the molecule is CC[C@H](C)[C@H](NC(=O)[C@H](CCC(N)=O)NC(=O)[C@@H]1CCCN1C(=O)[C@@H](N)CCCN=C(N)N)C(=O)N1CCC[C@H]1C(=O)N1CCC[C@]1(C(=O)NC(=O)OCc1ccccc1)[N+](=O)[O-]. The Labute approximate surface area is 364 Å². The van der Waals surface area contributed by atoms with Crippen LogP contribution in [0.15, 0.2) is 35.3 Å². The Morgan fingerprint density at radius 3 is 2.19 bits per heavy atom. The van der Waals surface area contributed by atoms with Gasteiger partial charge in [-0.1, -0.05) is 50.6 Å². The first-order chi connectivity index (χ1) is 29.9. The van der Waals surface area contributed by atoms with E-state index >= 15 is 0 Å². The fraction of sp³-hybridized carbons (Fsp3) is 0.625. The highest BCUT2D eigenvalue weighted by molar-refractivity contribution is 6.01. The molecule has 23 heteroatoms. The van der Waals surface area contributed by atoms with Gasteiger partial charge in [0.2, 0.25) is 29.5 Å². The first kappa shape index (κ1) is 49.3. The lowest BCUT2D eigenvalue weighted by atomic mass is 9.96. The maximum Gasteiger partial charge on any atom is 0.414 e. The van der Waals surface area contributed by atoms with Crippen molar-refractivity contribution in [3.8, 4) is 0 Å². The van der Waals surface area contributed by atoms with Gasteiger partial charge in [-0.15, -0.1) is 0 Å². The van der Waals surface area contributed by atoms with Crippen molar-refractivity contribution >= 4 is 53.4 Å². The topological polar surface area (TPSA) is 351 Å². The summed E-state index contributed by atoms with van der Waals surface area (Å²) >= 11 is 0. The van der Waals surface area contributed by atoms with Crippen molar-refractivity contribution in [2.45, 2.75) is 127 Å². The summed E-state index contributed by atoms with van der Waals surface area (Å²) in [6.45, 7) is 3.56. The van der Waals surface area contributed by atoms with E-state index in [0.717, 1.165) is 4.90 Å². The van der Waals surface area contributed by atoms with E-state index in [9.17, 15) is 48.5 Å². The van der Waals surface area contributed by atoms with Crippen LogP contribution in [0, 0.1) is 16.0 Å². The largest absolute Gasteiger partial charge is 0.444 e. The third-order valence-electron chi connectivity index (χ3n) is 11.7. The van der Waals surface area contributed by atoms with Gasteiger partial charge in [0.15, 0.2) is 5.96 Å². The summed E-state index contributed by atoms with van der Waals surface area (Å²) < 4.78 is 5.09. The fourth-order valence-corrected chi connectivity index (χ4v) is 8.12. The molecule has 0 spiro atoms. The van der Waals surface area contributed by atoms with E-state index in [1.54, 1.807) is 44.2 Å². The van der Waals surface area contributed by atoms with Gasteiger partial charge in [0.25, 0.3) is 5.91 Å². The molecule has 0 aromatic heterocycles. The molecule has 63 heavy (non-hydrogen) atoms. The zero-order chi connectivity index (χ0) is 46.4. The van der Waals surface area contributed by atoms with Crippen molar-refractivity contribution in [2.75, 3.05) is 26.2 Å². The molecule has 8 amide bonds. The lowest BCUT2D eigenvalue weighted by Crippen LogP contribution is -2.66. The highest BCUT2D eigenvalue weighted by Crippen LogP contribution is 2.34. The number of alkyl carbamates (subject to hydrolysis) is 1. The number of hydrogen-bond donors (Lipinski definition) is 7. The van der Waals surface area contributed by atoms with Crippen LogP contribution in [-0.2, 0) is 44.9 Å². The third kappa shape index (κ3) is 12.4. The van der Waals surface area contributed by atoms with Crippen LogP contribution in [0.4, 0.5) is 4.79 Å². The molecule has 7 atom stereocenters. The average molecular weight is 885 g/mol. The Morgan fingerprint density at radius 2 is 1.57 bits per heavy atom. The molecule has 0 bridgehead atoms. The summed E-state index contributed by atoms with van der Waals surface area (Å²) in [6.07, 6.45) is 0.00904. The standard InChI is InChI=1S/C40H60N12O11/c1-3-24(2)31(47-32(54)27(16-17-30(42)53)46-33(55)28-14-8-20-49(28)34(56)26(41)13-7-19-45-38(43)44)36(58)50-21-9-15-29(50)35(57)51-22-10-18-40(51,52(61)62)37(59)48-39(60)63-23-25-11-5-4-6-12-25/h4-6,11-12,24,26-29,31H,3,7-10,13-23,41H2,1-2H3,(H2,42,53)(H,46,55)(H,47,54)(H4,43,44,45)(H,48,59,60)/t24-,26-,27-,28-,29-,31-,40+/m0/s1. The maximum atomic E-state index is 14.4. The normalized spacial score (nSPS) is 21.3. The van der Waals surface area contributed by atoms with Crippen LogP contribution in [-0.4, -0.2) is 135 Å². The van der Waals surface area contributed by atoms with E-state index < -0.39 is 101 Å². The molecule has 23 nitrogen and oxygen atoms in total. The molecule has 3 fully saturated rings. The van der Waals surface area contributed by atoms with Gasteiger partial charge in [-0.3, -0.25) is 58.9 Å². The monoisotopic (exact) mass is 884 g/mol. The number of amides is 8. The zero-order valence-corrected chi connectivity index (χ0v) is 35.7. The number of nitrogens with zero attached hydrogens (tertiary/aromatic N) is 5. The first-order valence-corrected chi connectivity index (χ1v) is 21.2. The Hall–Kier alpha value is -6.39. The molecule has 3 heterocycles. The number of carbonyl (C=O) groups is 8. The molecule has 0 saturated carbocycles. The number of ether oxygens (including phenoxy) is 1. The lowest BCUT2D eigenvalue weighted by molar-refractivity contribution is -0.573. The van der Waals surface area contributed by atoms with Gasteiger partial charge in [-0.05, 0) is 62.8 Å². The number of aliphatic imine (C=N–C) groups is 1. The molecule has 346 valence electrons. The average Bonchev–Trinajstić information content (AvgIpc) is 4.05. The van der Waals surface area contributed by atoms with Gasteiger partial charge in [0.05, 0.1) is 17.4 Å². The molecule has 0 unspecified atom stereocenters. The smallest absolute Gasteiger partial charge is 0.414 e. The second-order valence-corrected chi connectivity index (χ2v) is 16.1. The molecule has 0 aliphatic carbocycles. The minimum Gasteiger partial charge on any atom is -0.444 e. The molecule has 11 N–H and O–H groups in total. The first-order valence-electron chi connectivity index (χ1n) is 21.2. The number of hydrogen-bond acceptors (Lipinski definition) is 13. The number of nitro groups is 1. The van der Waals surface area contributed by atoms with E-state index in [-0.39, 0.29) is 77.3 Å². The van der Waals surface area contributed by atoms with Gasteiger partial charge in [-0.25, -0.2) is 4.79 Å². The number of likely N-dealkylation sites (tertiary alicyclic amines) is 3. The molecular weight excluding hydrogens is 825 g/mol. The minimum atomic E-state index is -2.67. The van der Waals surface area contributed by atoms with Crippen molar-refractivity contribution in [1.82, 2.24) is 30.7 Å². The Kier molecular flexibility index (Phi) is 17.7. The molecule has 3 aliphatic heterocycles. The Balaban J connectivity index is 1.48. The zero-order valence-electron chi connectivity index (χ0n) is 35.7. The van der Waals surface area contributed by atoms with Gasteiger partial charge in [0.1, 0.15) is 30.8 Å². The minimum absolute atomic E-state index is 0.0408. The molecule has 4 rings (SSSR count). The number of imide groups is 1. The molecule has 3 aliphatic rings. The van der Waals surface area contributed by atoms with Gasteiger partial charge < -0.3 is 48.1 Å². The van der Waals surface area contributed by atoms with Crippen molar-refractivity contribution in [3.05, 3.63) is 46.0 Å². The number of nitrogens with two attached hydrogens (primary N) is 4. The number of nitrogens with one attached hydrogen (secondary N) is 3. The van der Waals surface area contributed by atoms with E-state index in [4.69, 9.17) is 27.7 Å². The predicted molar refractivity (Wildman–Crippen MR) is 225 cm³/mol. The molecular formula is C40H60N12O11. The fourth-order valence-electron chi connectivity index (χ4n) is 8.12. The summed E-state index contributed by atoms with van der Waals surface area (Å²) in [5.74, 6) is -6.32. The molecule has 1 aromatic carbocycles. The summed E-state index contributed by atoms with van der Waals surface area (Å²) in [5.41, 5.74) is 20.2. The van der Waals surface area contributed by atoms with Gasteiger partial charge in [-0.2, -0.15) is 0 Å². The second kappa shape index (κ2) is 22.6. The van der Waals surface area contributed by atoms with Crippen LogP contribution < -0.4 is 38.9 Å². The van der Waals surface area contributed by atoms with E-state index in [2.05, 4.69) is 15.6 Å². The third-order valence-corrected chi connectivity index (χ3v) is 11.7. The predicted octanol–water partition coefficient (Wildman–Crippen LogP) is -1.32. The number of primary amides is 1. The summed E-state index contributed by atoms with van der Waals surface area (Å²) in [4.78, 5) is 127. The quantitative estimate of drug-likeness (QED) is 0.0263. The van der Waals surface area contributed by atoms with Crippen LogP contribution in [0.2, 0.25) is 0 Å². The van der Waals surface area contributed by atoms with Crippen molar-refractivity contribution in [3.63, 3.8) is 0 Å². The highest BCUT2D eigenvalue weighted by Gasteiger charge is 2.63. The van der Waals surface area contributed by atoms with Crippen molar-refractivity contribution in [2.24, 2.45) is 33.8 Å². The van der Waals surface area contributed by atoms with Crippen LogP contribution >= 0.6 is 0 Å². The van der Waals surface area contributed by atoms with Crippen LogP contribution in [0.5, 0.6) is 0 Å². The van der Waals surface area contributed by atoms with Crippen LogP contribution in [0.25, 0.3) is 0 Å². The summed E-state index contributed by atoms with van der Waals surface area (Å²) in [5, 5.41) is 19.9. The molecule has 1 aromatic rings. The van der Waals surface area contributed by atoms with Gasteiger partial charge in [0, 0.05) is 32.6 Å². The Bertz CT molecular complexity index is 1900. The van der Waals surface area contributed by atoms with Gasteiger partial charge >= 0.3 is 17.7 Å².